The molecule has 2 N–H and O–H groups in total. The van der Waals surface area contributed by atoms with Crippen LogP contribution in [0.5, 0.6) is 0 Å². The second-order valence-electron chi connectivity index (χ2n) is 5.66. The molecule has 100 valence electrons. The monoisotopic (exact) mass is 266 g/mol. The Balaban J connectivity index is 2.23. The third kappa shape index (κ3) is 2.71. The standard InChI is InChI=1S/C15H23ClN2/c1-10-6-13(16)4-5-14(10)15(7-17)18-8-11(2)12(3)9-18/h4-6,11-12,15H,7-9,17H2,1-3H3. The summed E-state index contributed by atoms with van der Waals surface area (Å²) in [7, 11) is 0. The molecule has 0 spiro atoms. The van der Waals surface area contributed by atoms with E-state index in [1.165, 1.54) is 11.1 Å². The number of halogens is 1. The van der Waals surface area contributed by atoms with Gasteiger partial charge in [-0.2, -0.15) is 0 Å². The summed E-state index contributed by atoms with van der Waals surface area (Å²) < 4.78 is 0. The second-order valence-corrected chi connectivity index (χ2v) is 6.10. The molecule has 1 aromatic carbocycles. The molecule has 3 heteroatoms. The molecule has 0 saturated carbocycles. The second kappa shape index (κ2) is 5.60. The Labute approximate surface area is 115 Å². The number of hydrogen-bond donors (Lipinski definition) is 1. The van der Waals surface area contributed by atoms with Gasteiger partial charge in [0.15, 0.2) is 0 Å². The van der Waals surface area contributed by atoms with Gasteiger partial charge in [0.25, 0.3) is 0 Å². The Morgan fingerprint density at radius 2 is 1.94 bits per heavy atom. The first-order valence-electron chi connectivity index (χ1n) is 6.73. The molecule has 2 rings (SSSR count). The van der Waals surface area contributed by atoms with Gasteiger partial charge >= 0.3 is 0 Å². The summed E-state index contributed by atoms with van der Waals surface area (Å²) in [5.41, 5.74) is 8.57. The molecule has 0 amide bonds. The van der Waals surface area contributed by atoms with E-state index in [1.54, 1.807) is 0 Å². The van der Waals surface area contributed by atoms with Crippen LogP contribution in [0.15, 0.2) is 18.2 Å². The van der Waals surface area contributed by atoms with Crippen LogP contribution in [0.4, 0.5) is 0 Å². The molecule has 1 aliphatic heterocycles. The number of benzene rings is 1. The maximum absolute atomic E-state index is 6.03. The highest BCUT2D eigenvalue weighted by Crippen LogP contribution is 2.32. The summed E-state index contributed by atoms with van der Waals surface area (Å²) in [6, 6.07) is 6.45. The van der Waals surface area contributed by atoms with E-state index in [4.69, 9.17) is 17.3 Å². The Morgan fingerprint density at radius 3 is 2.44 bits per heavy atom. The maximum atomic E-state index is 6.03. The van der Waals surface area contributed by atoms with Crippen LogP contribution < -0.4 is 5.73 Å². The lowest BCUT2D eigenvalue weighted by molar-refractivity contribution is 0.239. The average molecular weight is 267 g/mol. The lowest BCUT2D eigenvalue weighted by Gasteiger charge is -2.28. The first-order chi connectivity index (χ1) is 8.52. The van der Waals surface area contributed by atoms with Crippen molar-refractivity contribution in [3.8, 4) is 0 Å². The number of hydrogen-bond acceptors (Lipinski definition) is 2. The molecular weight excluding hydrogens is 244 g/mol. The zero-order valence-corrected chi connectivity index (χ0v) is 12.2. The highest BCUT2D eigenvalue weighted by Gasteiger charge is 2.31. The van der Waals surface area contributed by atoms with E-state index in [0.717, 1.165) is 29.9 Å². The van der Waals surface area contributed by atoms with Gasteiger partial charge in [-0.15, -0.1) is 0 Å². The molecule has 18 heavy (non-hydrogen) atoms. The van der Waals surface area contributed by atoms with E-state index in [1.807, 2.05) is 12.1 Å². The molecule has 1 fully saturated rings. The van der Waals surface area contributed by atoms with E-state index < -0.39 is 0 Å². The molecule has 0 aliphatic carbocycles. The van der Waals surface area contributed by atoms with Gasteiger partial charge in [0.05, 0.1) is 0 Å². The van der Waals surface area contributed by atoms with Crippen molar-refractivity contribution in [2.45, 2.75) is 26.8 Å². The van der Waals surface area contributed by atoms with Crippen molar-refractivity contribution in [3.63, 3.8) is 0 Å². The third-order valence-electron chi connectivity index (χ3n) is 4.27. The fraction of sp³-hybridized carbons (Fsp3) is 0.600. The maximum Gasteiger partial charge on any atom is 0.0473 e. The molecule has 3 unspecified atom stereocenters. The van der Waals surface area contributed by atoms with Crippen LogP contribution in [0.3, 0.4) is 0 Å². The number of nitrogens with zero attached hydrogens (tertiary/aromatic N) is 1. The van der Waals surface area contributed by atoms with E-state index in [-0.39, 0.29) is 0 Å². The molecule has 1 saturated heterocycles. The number of rotatable bonds is 3. The molecule has 1 heterocycles. The van der Waals surface area contributed by atoms with Crippen LogP contribution in [0.25, 0.3) is 0 Å². The molecule has 0 radical (unpaired) electrons. The van der Waals surface area contributed by atoms with E-state index >= 15 is 0 Å². The summed E-state index contributed by atoms with van der Waals surface area (Å²) in [5, 5.41) is 0.801. The highest BCUT2D eigenvalue weighted by molar-refractivity contribution is 6.30. The Morgan fingerprint density at radius 1 is 1.33 bits per heavy atom. The number of nitrogens with two attached hydrogens (primary N) is 1. The Kier molecular flexibility index (Phi) is 4.31. The van der Waals surface area contributed by atoms with Gasteiger partial charge in [0.2, 0.25) is 0 Å². The predicted octanol–water partition coefficient (Wildman–Crippen LogP) is 3.24. The molecule has 0 aromatic heterocycles. The van der Waals surface area contributed by atoms with Gasteiger partial charge in [-0.1, -0.05) is 31.5 Å². The Hall–Kier alpha value is -0.570. The summed E-state index contributed by atoms with van der Waals surface area (Å²) in [5.74, 6) is 1.51. The van der Waals surface area contributed by atoms with Gasteiger partial charge in [-0.25, -0.2) is 0 Å². The van der Waals surface area contributed by atoms with Crippen LogP contribution in [0, 0.1) is 18.8 Å². The number of likely N-dealkylation sites (tertiary alicyclic amines) is 1. The van der Waals surface area contributed by atoms with Crippen molar-refractivity contribution in [3.05, 3.63) is 34.3 Å². The van der Waals surface area contributed by atoms with Gasteiger partial charge < -0.3 is 5.73 Å². The largest absolute Gasteiger partial charge is 0.329 e. The zero-order chi connectivity index (χ0) is 13.3. The molecule has 0 bridgehead atoms. The molecular formula is C15H23ClN2. The summed E-state index contributed by atoms with van der Waals surface area (Å²) >= 11 is 6.03. The molecule has 1 aromatic rings. The van der Waals surface area contributed by atoms with Crippen molar-refractivity contribution >= 4 is 11.6 Å². The van der Waals surface area contributed by atoms with E-state index in [0.29, 0.717) is 12.6 Å². The number of aryl methyl sites for hydroxylation is 1. The lowest BCUT2D eigenvalue weighted by Crippen LogP contribution is -2.32. The van der Waals surface area contributed by atoms with Crippen molar-refractivity contribution in [2.75, 3.05) is 19.6 Å². The van der Waals surface area contributed by atoms with Gasteiger partial charge in [-0.3, -0.25) is 4.90 Å². The minimum atomic E-state index is 0.328. The molecule has 1 aliphatic rings. The summed E-state index contributed by atoms with van der Waals surface area (Å²) in [6.07, 6.45) is 0. The van der Waals surface area contributed by atoms with E-state index in [2.05, 4.69) is 31.7 Å². The van der Waals surface area contributed by atoms with Gasteiger partial charge in [0.1, 0.15) is 0 Å². The van der Waals surface area contributed by atoms with Crippen molar-refractivity contribution in [1.29, 1.82) is 0 Å². The quantitative estimate of drug-likeness (QED) is 0.910. The lowest BCUT2D eigenvalue weighted by atomic mass is 10.00. The molecule has 3 atom stereocenters. The van der Waals surface area contributed by atoms with Crippen LogP contribution >= 0.6 is 11.6 Å². The smallest absolute Gasteiger partial charge is 0.0473 e. The van der Waals surface area contributed by atoms with Crippen LogP contribution in [-0.2, 0) is 0 Å². The summed E-state index contributed by atoms with van der Waals surface area (Å²) in [6.45, 7) is 9.73. The van der Waals surface area contributed by atoms with Crippen LogP contribution in [0.1, 0.15) is 31.0 Å². The SMILES string of the molecule is Cc1cc(Cl)ccc1C(CN)N1CC(C)C(C)C1. The Bertz CT molecular complexity index is 409. The zero-order valence-electron chi connectivity index (χ0n) is 11.5. The van der Waals surface area contributed by atoms with Crippen LogP contribution in [-0.4, -0.2) is 24.5 Å². The van der Waals surface area contributed by atoms with Crippen LogP contribution in [0.2, 0.25) is 5.02 Å². The van der Waals surface area contributed by atoms with Crippen molar-refractivity contribution in [2.24, 2.45) is 17.6 Å². The van der Waals surface area contributed by atoms with Crippen molar-refractivity contribution in [1.82, 2.24) is 4.90 Å². The van der Waals surface area contributed by atoms with Gasteiger partial charge in [-0.05, 0) is 42.0 Å². The summed E-state index contributed by atoms with van der Waals surface area (Å²) in [4.78, 5) is 2.52. The first kappa shape index (κ1) is 13.9. The normalized spacial score (nSPS) is 26.5. The fourth-order valence-electron chi connectivity index (χ4n) is 2.91. The first-order valence-corrected chi connectivity index (χ1v) is 7.11. The van der Waals surface area contributed by atoms with Gasteiger partial charge in [0, 0.05) is 30.7 Å². The average Bonchev–Trinajstić information content (AvgIpc) is 2.63. The third-order valence-corrected chi connectivity index (χ3v) is 4.51. The molecule has 2 nitrogen and oxygen atoms in total. The minimum Gasteiger partial charge on any atom is -0.329 e. The topological polar surface area (TPSA) is 29.3 Å². The fourth-order valence-corrected chi connectivity index (χ4v) is 3.14. The van der Waals surface area contributed by atoms with Crippen molar-refractivity contribution < 1.29 is 0 Å². The highest BCUT2D eigenvalue weighted by atomic mass is 35.5. The minimum absolute atomic E-state index is 0.328. The predicted molar refractivity (Wildman–Crippen MR) is 77.9 cm³/mol. The van der Waals surface area contributed by atoms with E-state index in [9.17, 15) is 0 Å².